The molecular weight excluding hydrogens is 366 g/mol. The van der Waals surface area contributed by atoms with Crippen molar-refractivity contribution in [1.29, 1.82) is 0 Å². The SMILES string of the molecule is COC(=O)c1sc2ccccc2c1NC(=O)c1cc2cccc(OC)c2o1. The molecule has 1 N–H and O–H groups in total. The van der Waals surface area contributed by atoms with Gasteiger partial charge in [-0.2, -0.15) is 0 Å². The fraction of sp³-hybridized carbons (Fsp3) is 0.100. The molecule has 0 aliphatic heterocycles. The van der Waals surface area contributed by atoms with Gasteiger partial charge in [-0.3, -0.25) is 4.79 Å². The van der Waals surface area contributed by atoms with Crippen LogP contribution < -0.4 is 10.1 Å². The van der Waals surface area contributed by atoms with Crippen molar-refractivity contribution >= 4 is 50.0 Å². The summed E-state index contributed by atoms with van der Waals surface area (Å²) >= 11 is 1.26. The van der Waals surface area contributed by atoms with Gasteiger partial charge >= 0.3 is 5.97 Å². The van der Waals surface area contributed by atoms with Crippen LogP contribution >= 0.6 is 11.3 Å². The molecule has 0 fully saturated rings. The van der Waals surface area contributed by atoms with Crippen LogP contribution in [0.1, 0.15) is 20.2 Å². The first kappa shape index (κ1) is 17.1. The Morgan fingerprint density at radius 2 is 1.89 bits per heavy atom. The van der Waals surface area contributed by atoms with Crippen molar-refractivity contribution in [3.63, 3.8) is 0 Å². The highest BCUT2D eigenvalue weighted by molar-refractivity contribution is 7.21. The first-order valence-electron chi connectivity index (χ1n) is 8.10. The second kappa shape index (κ2) is 6.77. The van der Waals surface area contributed by atoms with Gasteiger partial charge in [0.2, 0.25) is 0 Å². The van der Waals surface area contributed by atoms with Crippen molar-refractivity contribution in [3.8, 4) is 5.75 Å². The lowest BCUT2D eigenvalue weighted by atomic mass is 10.2. The summed E-state index contributed by atoms with van der Waals surface area (Å²) in [6.45, 7) is 0. The second-order valence-corrected chi connectivity index (χ2v) is 6.79. The number of anilines is 1. The number of para-hydroxylation sites is 1. The Hall–Kier alpha value is -3.32. The van der Waals surface area contributed by atoms with Gasteiger partial charge in [0.25, 0.3) is 5.91 Å². The Morgan fingerprint density at radius 1 is 1.07 bits per heavy atom. The average Bonchev–Trinajstić information content (AvgIpc) is 3.29. The van der Waals surface area contributed by atoms with E-state index in [1.54, 1.807) is 12.1 Å². The number of esters is 1. The van der Waals surface area contributed by atoms with Crippen LogP contribution in [-0.2, 0) is 4.74 Å². The van der Waals surface area contributed by atoms with Gasteiger partial charge in [0.15, 0.2) is 17.1 Å². The van der Waals surface area contributed by atoms with Crippen LogP contribution in [0.15, 0.2) is 52.9 Å². The Morgan fingerprint density at radius 3 is 2.67 bits per heavy atom. The zero-order valence-electron chi connectivity index (χ0n) is 14.6. The molecule has 0 aliphatic rings. The monoisotopic (exact) mass is 381 g/mol. The number of ether oxygens (including phenoxy) is 2. The number of rotatable bonds is 4. The highest BCUT2D eigenvalue weighted by Gasteiger charge is 2.23. The third kappa shape index (κ3) is 2.92. The van der Waals surface area contributed by atoms with Crippen LogP contribution in [0.5, 0.6) is 5.75 Å². The van der Waals surface area contributed by atoms with Gasteiger partial charge < -0.3 is 19.2 Å². The number of hydrogen-bond acceptors (Lipinski definition) is 6. The number of thiophene rings is 1. The molecule has 0 spiro atoms. The minimum absolute atomic E-state index is 0.126. The molecule has 6 nitrogen and oxygen atoms in total. The highest BCUT2D eigenvalue weighted by atomic mass is 32.1. The van der Waals surface area contributed by atoms with Crippen LogP contribution in [0, 0.1) is 0 Å². The van der Waals surface area contributed by atoms with Crippen LogP contribution in [-0.4, -0.2) is 26.1 Å². The van der Waals surface area contributed by atoms with E-state index < -0.39 is 11.9 Å². The van der Waals surface area contributed by atoms with Gasteiger partial charge in [-0.1, -0.05) is 30.3 Å². The van der Waals surface area contributed by atoms with E-state index in [4.69, 9.17) is 13.9 Å². The zero-order chi connectivity index (χ0) is 19.0. The molecular formula is C20H15NO5S. The maximum atomic E-state index is 12.8. The largest absolute Gasteiger partial charge is 0.493 e. The molecule has 2 heterocycles. The number of benzene rings is 2. The van der Waals surface area contributed by atoms with E-state index >= 15 is 0 Å². The van der Waals surface area contributed by atoms with Crippen LogP contribution in [0.4, 0.5) is 5.69 Å². The summed E-state index contributed by atoms with van der Waals surface area (Å²) in [6.07, 6.45) is 0. The van der Waals surface area contributed by atoms with Crippen LogP contribution in [0.25, 0.3) is 21.1 Å². The minimum atomic E-state index is -0.502. The van der Waals surface area contributed by atoms with Gasteiger partial charge in [-0.25, -0.2) is 4.79 Å². The Kier molecular flexibility index (Phi) is 4.29. The maximum absolute atomic E-state index is 12.8. The fourth-order valence-electron chi connectivity index (χ4n) is 2.89. The van der Waals surface area contributed by atoms with Gasteiger partial charge in [-0.15, -0.1) is 11.3 Å². The third-order valence-corrected chi connectivity index (χ3v) is 5.31. The molecule has 0 saturated carbocycles. The standard InChI is InChI=1S/C20H15NO5S/c1-24-13-8-5-6-11-10-14(26-17(11)13)19(22)21-16-12-7-3-4-9-15(12)27-18(16)20(23)25-2/h3-10H,1-2H3,(H,21,22). The lowest BCUT2D eigenvalue weighted by molar-refractivity contribution is 0.0607. The molecule has 0 atom stereocenters. The van der Waals surface area contributed by atoms with Crippen LogP contribution in [0.3, 0.4) is 0 Å². The summed E-state index contributed by atoms with van der Waals surface area (Å²) < 4.78 is 16.7. The number of nitrogens with one attached hydrogen (secondary N) is 1. The van der Waals surface area contributed by atoms with E-state index in [0.717, 1.165) is 15.5 Å². The summed E-state index contributed by atoms with van der Waals surface area (Å²) in [5, 5.41) is 4.32. The number of hydrogen-bond donors (Lipinski definition) is 1. The van der Waals surface area contributed by atoms with E-state index in [2.05, 4.69) is 5.32 Å². The van der Waals surface area contributed by atoms with Crippen molar-refractivity contribution in [2.75, 3.05) is 19.5 Å². The zero-order valence-corrected chi connectivity index (χ0v) is 15.4. The van der Waals surface area contributed by atoms with Gasteiger partial charge in [0.05, 0.1) is 19.9 Å². The predicted molar refractivity (Wildman–Crippen MR) is 104 cm³/mol. The first-order chi connectivity index (χ1) is 13.1. The third-order valence-electron chi connectivity index (χ3n) is 4.16. The number of carbonyl (C=O) groups is 2. The van der Waals surface area contributed by atoms with Crippen molar-refractivity contribution in [3.05, 3.63) is 59.2 Å². The summed E-state index contributed by atoms with van der Waals surface area (Å²) in [7, 11) is 2.85. The molecule has 2 aromatic carbocycles. The molecule has 0 bridgehead atoms. The maximum Gasteiger partial charge on any atom is 0.350 e. The minimum Gasteiger partial charge on any atom is -0.493 e. The van der Waals surface area contributed by atoms with E-state index in [9.17, 15) is 9.59 Å². The van der Waals surface area contributed by atoms with Crippen molar-refractivity contribution in [2.45, 2.75) is 0 Å². The number of amides is 1. The molecule has 4 rings (SSSR count). The molecule has 136 valence electrons. The van der Waals surface area contributed by atoms with E-state index in [1.165, 1.54) is 25.6 Å². The van der Waals surface area contributed by atoms with E-state index in [1.807, 2.05) is 36.4 Å². The summed E-state index contributed by atoms with van der Waals surface area (Å²) in [6, 6.07) is 14.5. The smallest absolute Gasteiger partial charge is 0.350 e. The fourth-order valence-corrected chi connectivity index (χ4v) is 3.97. The first-order valence-corrected chi connectivity index (χ1v) is 8.91. The van der Waals surface area contributed by atoms with Gasteiger partial charge in [0.1, 0.15) is 4.88 Å². The Balaban J connectivity index is 1.76. The van der Waals surface area contributed by atoms with Gasteiger partial charge in [0, 0.05) is 15.5 Å². The number of methoxy groups -OCH3 is 2. The van der Waals surface area contributed by atoms with Crippen molar-refractivity contribution in [2.24, 2.45) is 0 Å². The lowest BCUT2D eigenvalue weighted by Gasteiger charge is -2.05. The van der Waals surface area contributed by atoms with E-state index in [-0.39, 0.29) is 5.76 Å². The molecule has 7 heteroatoms. The normalized spacial score (nSPS) is 10.9. The van der Waals surface area contributed by atoms with E-state index in [0.29, 0.717) is 21.9 Å². The average molecular weight is 381 g/mol. The number of carbonyl (C=O) groups excluding carboxylic acids is 2. The molecule has 0 saturated heterocycles. The Labute approximate surface area is 158 Å². The Bertz CT molecular complexity index is 1170. The molecule has 0 aliphatic carbocycles. The molecule has 27 heavy (non-hydrogen) atoms. The van der Waals surface area contributed by atoms with Gasteiger partial charge in [-0.05, 0) is 18.2 Å². The highest BCUT2D eigenvalue weighted by Crippen LogP contribution is 2.37. The van der Waals surface area contributed by atoms with Crippen molar-refractivity contribution in [1.82, 2.24) is 0 Å². The molecule has 0 radical (unpaired) electrons. The topological polar surface area (TPSA) is 77.8 Å². The van der Waals surface area contributed by atoms with Crippen molar-refractivity contribution < 1.29 is 23.5 Å². The summed E-state index contributed by atoms with van der Waals surface area (Å²) in [5.41, 5.74) is 0.911. The predicted octanol–water partition coefficient (Wildman–Crippen LogP) is 4.70. The summed E-state index contributed by atoms with van der Waals surface area (Å²) in [4.78, 5) is 25.3. The lowest BCUT2D eigenvalue weighted by Crippen LogP contribution is -2.13. The molecule has 1 amide bonds. The summed E-state index contributed by atoms with van der Waals surface area (Å²) in [5.74, 6) is -0.289. The number of furan rings is 1. The quantitative estimate of drug-likeness (QED) is 0.519. The molecule has 2 aromatic heterocycles. The second-order valence-electron chi connectivity index (χ2n) is 5.74. The molecule has 0 unspecified atom stereocenters. The molecule has 4 aromatic rings. The van der Waals surface area contributed by atoms with Crippen LogP contribution in [0.2, 0.25) is 0 Å². The number of fused-ring (bicyclic) bond motifs is 2.